The topological polar surface area (TPSA) is 9.23 Å². The molecular formula is C6H14GeO. The molecule has 0 saturated heterocycles. The van der Waals surface area contributed by atoms with Crippen molar-refractivity contribution in [3.8, 4) is 0 Å². The summed E-state index contributed by atoms with van der Waals surface area (Å²) in [6.45, 7) is 0. The maximum absolute atomic E-state index is 5.38. The molecule has 2 heteroatoms. The van der Waals surface area contributed by atoms with Crippen LogP contribution in [0.3, 0.4) is 0 Å². The Kier molecular flexibility index (Phi) is 2.91. The molecule has 1 fully saturated rings. The Morgan fingerprint density at radius 3 is 2.12 bits per heavy atom. The van der Waals surface area contributed by atoms with Crippen LogP contribution in [0, 0.1) is 0 Å². The molecule has 0 spiro atoms. The van der Waals surface area contributed by atoms with Crippen LogP contribution < -0.4 is 0 Å². The van der Waals surface area contributed by atoms with E-state index in [1.165, 1.54) is 32.1 Å². The van der Waals surface area contributed by atoms with Gasteiger partial charge in [0.2, 0.25) is 0 Å². The Balaban J connectivity index is 2.13. The van der Waals surface area contributed by atoms with Crippen LogP contribution in [0.5, 0.6) is 0 Å². The van der Waals surface area contributed by atoms with Crippen molar-refractivity contribution < 1.29 is 3.76 Å². The van der Waals surface area contributed by atoms with Crippen LogP contribution in [0.2, 0.25) is 0 Å². The molecule has 8 heavy (non-hydrogen) atoms. The van der Waals surface area contributed by atoms with Crippen molar-refractivity contribution in [2.24, 2.45) is 0 Å². The molecule has 0 aromatic rings. The summed E-state index contributed by atoms with van der Waals surface area (Å²) in [5.41, 5.74) is 0. The summed E-state index contributed by atoms with van der Waals surface area (Å²) < 4.78 is 5.38. The molecule has 1 aliphatic rings. The first-order valence-corrected chi connectivity index (χ1v) is 5.17. The van der Waals surface area contributed by atoms with Gasteiger partial charge < -0.3 is 0 Å². The van der Waals surface area contributed by atoms with E-state index < -0.39 is 0 Å². The molecule has 0 heterocycles. The third kappa shape index (κ3) is 1.79. The molecule has 0 aliphatic heterocycles. The van der Waals surface area contributed by atoms with Crippen LogP contribution in [-0.2, 0) is 3.76 Å². The van der Waals surface area contributed by atoms with Gasteiger partial charge in [0, 0.05) is 0 Å². The van der Waals surface area contributed by atoms with Crippen molar-refractivity contribution in [3.63, 3.8) is 0 Å². The molecule has 0 bridgehead atoms. The first-order valence-electron chi connectivity index (χ1n) is 3.46. The number of hydrogen-bond acceptors (Lipinski definition) is 1. The van der Waals surface area contributed by atoms with E-state index in [9.17, 15) is 0 Å². The third-order valence-corrected chi connectivity index (χ3v) is 3.28. The van der Waals surface area contributed by atoms with Gasteiger partial charge in [-0.25, -0.2) is 0 Å². The first kappa shape index (κ1) is 6.62. The van der Waals surface area contributed by atoms with E-state index in [2.05, 4.69) is 0 Å². The zero-order chi connectivity index (χ0) is 5.82. The molecule has 1 rings (SSSR count). The van der Waals surface area contributed by atoms with Crippen molar-refractivity contribution in [2.75, 3.05) is 0 Å². The molecule has 0 aromatic carbocycles. The summed E-state index contributed by atoms with van der Waals surface area (Å²) in [5, 5.41) is 0. The van der Waals surface area contributed by atoms with Gasteiger partial charge in [0.25, 0.3) is 0 Å². The Bertz CT molecular complexity index is 59.5. The fourth-order valence-electron chi connectivity index (χ4n) is 1.30. The molecule has 1 aliphatic carbocycles. The van der Waals surface area contributed by atoms with Gasteiger partial charge in [0.15, 0.2) is 0 Å². The monoisotopic (exact) mass is 176 g/mol. The van der Waals surface area contributed by atoms with Gasteiger partial charge in [-0.1, -0.05) is 0 Å². The van der Waals surface area contributed by atoms with Crippen molar-refractivity contribution in [1.29, 1.82) is 0 Å². The second-order valence-corrected chi connectivity index (χ2v) is 3.48. The van der Waals surface area contributed by atoms with E-state index in [-0.39, 0.29) is 0 Å². The summed E-state index contributed by atoms with van der Waals surface area (Å²) in [5.74, 6) is 0. The second-order valence-electron chi connectivity index (χ2n) is 2.50. The van der Waals surface area contributed by atoms with Crippen LogP contribution >= 0.6 is 0 Å². The van der Waals surface area contributed by atoms with E-state index in [0.717, 1.165) is 0 Å². The summed E-state index contributed by atoms with van der Waals surface area (Å²) in [7, 11) is 0. The van der Waals surface area contributed by atoms with Gasteiger partial charge in [-0.05, 0) is 0 Å². The van der Waals surface area contributed by atoms with E-state index >= 15 is 0 Å². The fraction of sp³-hybridized carbons (Fsp3) is 1.00. The summed E-state index contributed by atoms with van der Waals surface area (Å²) in [6.07, 6.45) is 7.58. The van der Waals surface area contributed by atoms with Crippen LogP contribution in [0.25, 0.3) is 0 Å². The van der Waals surface area contributed by atoms with Gasteiger partial charge in [0.05, 0.1) is 0 Å². The molecule has 48 valence electrons. The molecular weight excluding hydrogens is 161 g/mol. The quantitative estimate of drug-likeness (QED) is 0.530. The SMILES string of the molecule is [GeH3][O]C1CCCCC1. The average Bonchev–Trinajstić information content (AvgIpc) is 1.90. The zero-order valence-corrected chi connectivity index (χ0v) is 9.72. The predicted octanol–water partition coefficient (Wildman–Crippen LogP) is 0.616. The minimum absolute atomic E-state index is 0.620. The van der Waals surface area contributed by atoms with Crippen LogP contribution in [-0.4, -0.2) is 23.0 Å². The Hall–Kier alpha value is 0.503. The van der Waals surface area contributed by atoms with Crippen LogP contribution in [0.4, 0.5) is 0 Å². The van der Waals surface area contributed by atoms with Gasteiger partial charge in [-0.15, -0.1) is 0 Å². The molecule has 0 atom stereocenters. The zero-order valence-electron chi connectivity index (χ0n) is 5.52. The normalized spacial score (nSPS) is 24.0. The Morgan fingerprint density at radius 1 is 1.12 bits per heavy atom. The van der Waals surface area contributed by atoms with Crippen molar-refractivity contribution in [1.82, 2.24) is 0 Å². The minimum atomic E-state index is 0.620. The van der Waals surface area contributed by atoms with Gasteiger partial charge in [0.1, 0.15) is 0 Å². The molecule has 0 radical (unpaired) electrons. The molecule has 1 nitrogen and oxygen atoms in total. The van der Waals surface area contributed by atoms with E-state index in [0.29, 0.717) is 23.0 Å². The molecule has 0 aromatic heterocycles. The van der Waals surface area contributed by atoms with Crippen LogP contribution in [0.1, 0.15) is 32.1 Å². The van der Waals surface area contributed by atoms with Crippen LogP contribution in [0.15, 0.2) is 0 Å². The summed E-state index contributed by atoms with van der Waals surface area (Å²) in [4.78, 5) is 0. The summed E-state index contributed by atoms with van der Waals surface area (Å²) in [6, 6.07) is 0. The fourth-order valence-corrected chi connectivity index (χ4v) is 2.29. The molecule has 0 unspecified atom stereocenters. The van der Waals surface area contributed by atoms with E-state index in [1.54, 1.807) is 0 Å². The van der Waals surface area contributed by atoms with Crippen molar-refractivity contribution >= 4 is 16.9 Å². The predicted molar refractivity (Wildman–Crippen MR) is 37.9 cm³/mol. The second kappa shape index (κ2) is 3.51. The van der Waals surface area contributed by atoms with Crippen molar-refractivity contribution in [3.05, 3.63) is 0 Å². The first-order chi connectivity index (χ1) is 3.93. The maximum atomic E-state index is 5.38. The van der Waals surface area contributed by atoms with Gasteiger partial charge >= 0.3 is 58.8 Å². The van der Waals surface area contributed by atoms with Gasteiger partial charge in [-0.2, -0.15) is 0 Å². The molecule has 0 amide bonds. The Morgan fingerprint density at radius 2 is 1.75 bits per heavy atom. The van der Waals surface area contributed by atoms with E-state index in [4.69, 9.17) is 3.76 Å². The number of rotatable bonds is 1. The third-order valence-electron chi connectivity index (χ3n) is 1.89. The van der Waals surface area contributed by atoms with Crippen molar-refractivity contribution in [2.45, 2.75) is 38.2 Å². The molecule has 1 saturated carbocycles. The molecule has 0 N–H and O–H groups in total. The number of hydrogen-bond donors (Lipinski definition) is 0. The Labute approximate surface area is 59.4 Å². The summed E-state index contributed by atoms with van der Waals surface area (Å²) >= 11 is 0.620. The average molecular weight is 175 g/mol. The van der Waals surface area contributed by atoms with Gasteiger partial charge in [-0.3, -0.25) is 0 Å². The van der Waals surface area contributed by atoms with E-state index in [1.807, 2.05) is 0 Å². The standard InChI is InChI=1S/C6H14GeO/c7-8-6-4-2-1-3-5-6/h6H,1-5H2,7H3.